The number of rotatable bonds is 5. The number of amides is 1. The number of nitrogen functional groups attached to an aromatic ring is 1. The fourth-order valence-corrected chi connectivity index (χ4v) is 8.14. The van der Waals surface area contributed by atoms with Gasteiger partial charge in [-0.05, 0) is 55.0 Å². The summed E-state index contributed by atoms with van der Waals surface area (Å²) in [6, 6.07) is 12.2. The smallest absolute Gasteiger partial charge is 0.233 e. The zero-order valence-corrected chi connectivity index (χ0v) is 27.1. The molecule has 9 nitrogen and oxygen atoms in total. The molecular weight excluding hydrogens is 661 g/mol. The van der Waals surface area contributed by atoms with E-state index in [1.54, 1.807) is 30.3 Å². The van der Waals surface area contributed by atoms with E-state index in [-0.39, 0.29) is 28.1 Å². The summed E-state index contributed by atoms with van der Waals surface area (Å²) in [7, 11) is -1.80. The Kier molecular flexibility index (Phi) is 10.7. The van der Waals surface area contributed by atoms with Crippen LogP contribution in [-0.2, 0) is 19.4 Å². The van der Waals surface area contributed by atoms with Crippen LogP contribution in [0.1, 0.15) is 30.7 Å². The van der Waals surface area contributed by atoms with Crippen LogP contribution >= 0.6 is 58.3 Å². The molecular formula is C27H28Cl3N5O4S3. The molecule has 0 saturated carbocycles. The molecule has 42 heavy (non-hydrogen) atoms. The average Bonchev–Trinajstić information content (AvgIpc) is 3.56. The van der Waals surface area contributed by atoms with E-state index in [2.05, 4.69) is 15.3 Å². The highest BCUT2D eigenvalue weighted by atomic mass is 35.5. The third-order valence-electron chi connectivity index (χ3n) is 6.98. The Morgan fingerprint density at radius 3 is 2.36 bits per heavy atom. The van der Waals surface area contributed by atoms with Crippen molar-refractivity contribution < 1.29 is 17.9 Å². The van der Waals surface area contributed by atoms with Crippen LogP contribution in [0, 0.1) is 5.92 Å². The number of fused-ring (bicyclic) bond motifs is 2. The molecule has 1 amide bonds. The molecule has 2 aromatic carbocycles. The van der Waals surface area contributed by atoms with Gasteiger partial charge in [-0.15, -0.1) is 12.4 Å². The van der Waals surface area contributed by atoms with Gasteiger partial charge in [-0.25, -0.2) is 18.4 Å². The van der Waals surface area contributed by atoms with Crippen LogP contribution in [-0.4, -0.2) is 44.6 Å². The number of hydrogen-bond acceptors (Lipinski definition) is 10. The largest absolute Gasteiger partial charge is 0.381 e. The van der Waals surface area contributed by atoms with E-state index >= 15 is 0 Å². The van der Waals surface area contributed by atoms with Gasteiger partial charge in [0.2, 0.25) is 15.7 Å². The second-order valence-electron chi connectivity index (χ2n) is 9.56. The highest BCUT2D eigenvalue weighted by molar-refractivity contribution is 7.92. The molecule has 0 radical (unpaired) electrons. The second kappa shape index (κ2) is 13.9. The van der Waals surface area contributed by atoms with Gasteiger partial charge in [-0.2, -0.15) is 0 Å². The molecule has 224 valence electrons. The predicted octanol–water partition coefficient (Wildman–Crippen LogP) is 7.05. The molecule has 2 aliphatic rings. The van der Waals surface area contributed by atoms with Crippen molar-refractivity contribution in [2.75, 3.05) is 36.2 Å². The third-order valence-corrected chi connectivity index (χ3v) is 10.8. The quantitative estimate of drug-likeness (QED) is 0.228. The van der Waals surface area contributed by atoms with E-state index < -0.39 is 15.8 Å². The normalized spacial score (nSPS) is 16.2. The Labute approximate surface area is 268 Å². The third kappa shape index (κ3) is 7.19. The predicted molar refractivity (Wildman–Crippen MR) is 172 cm³/mol. The first-order valence-corrected chi connectivity index (χ1v) is 16.6. The molecule has 0 bridgehead atoms. The van der Waals surface area contributed by atoms with Gasteiger partial charge >= 0.3 is 0 Å². The minimum absolute atomic E-state index is 0. The Bertz CT molecular complexity index is 1640. The van der Waals surface area contributed by atoms with Gasteiger partial charge in [-0.1, -0.05) is 64.1 Å². The number of carbonyl (C=O) groups is 1. The number of benzene rings is 2. The van der Waals surface area contributed by atoms with Gasteiger partial charge in [0.05, 0.1) is 39.5 Å². The first-order valence-electron chi connectivity index (χ1n) is 12.7. The fourth-order valence-electron chi connectivity index (χ4n) is 4.93. The maximum Gasteiger partial charge on any atom is 0.233 e. The van der Waals surface area contributed by atoms with Crippen molar-refractivity contribution in [3.05, 3.63) is 69.1 Å². The van der Waals surface area contributed by atoms with E-state index in [1.165, 1.54) is 35.1 Å². The lowest BCUT2D eigenvalue weighted by Crippen LogP contribution is -2.27. The van der Waals surface area contributed by atoms with Crippen LogP contribution in [0.3, 0.4) is 0 Å². The molecule has 15 heteroatoms. The summed E-state index contributed by atoms with van der Waals surface area (Å²) in [5.74, 6) is -0.314. The van der Waals surface area contributed by atoms with Gasteiger partial charge in [0.25, 0.3) is 0 Å². The Morgan fingerprint density at radius 1 is 1.07 bits per heavy atom. The summed E-state index contributed by atoms with van der Waals surface area (Å²) in [5.41, 5.74) is 7.16. The molecule has 3 N–H and O–H groups in total. The Hall–Kier alpha value is -2.45. The van der Waals surface area contributed by atoms with Gasteiger partial charge in [0, 0.05) is 20.3 Å². The van der Waals surface area contributed by atoms with Crippen LogP contribution in [0.2, 0.25) is 8.67 Å². The zero-order valence-electron chi connectivity index (χ0n) is 22.3. The number of nitrogens with one attached hydrogen (secondary N) is 1. The average molecular weight is 689 g/mol. The molecule has 4 heterocycles. The van der Waals surface area contributed by atoms with Gasteiger partial charge < -0.3 is 20.7 Å². The summed E-state index contributed by atoms with van der Waals surface area (Å²) in [6.45, 7) is 1.37. The molecule has 2 aliphatic heterocycles. The number of carbonyl (C=O) groups excluding carboxylic acids is 1. The molecule has 1 atom stereocenters. The number of nitrogens with zero attached hydrogens (tertiary/aromatic N) is 3. The highest BCUT2D eigenvalue weighted by Gasteiger charge is 2.34. The lowest BCUT2D eigenvalue weighted by Gasteiger charge is -2.31. The summed E-state index contributed by atoms with van der Waals surface area (Å²) in [5, 5.41) is 3.86. The summed E-state index contributed by atoms with van der Waals surface area (Å²) in [6.07, 6.45) is 5.45. The second-order valence-corrected chi connectivity index (χ2v) is 14.8. The van der Waals surface area contributed by atoms with Crippen LogP contribution in [0.5, 0.6) is 0 Å². The monoisotopic (exact) mass is 687 g/mol. The van der Waals surface area contributed by atoms with Crippen molar-refractivity contribution in [3.63, 3.8) is 0 Å². The zero-order chi connectivity index (χ0) is 29.1. The SMILES string of the molecule is CN1c2ccccc2S(=O)(=O)c2ccc(C(CC3CCOCC3)C(=O)Nc3ncc(Cl)s3)cc21.Cl.Nc1ncc(Cl)s1. The first-order chi connectivity index (χ1) is 19.6. The number of aromatic nitrogens is 2. The molecule has 1 fully saturated rings. The topological polar surface area (TPSA) is 128 Å². The molecule has 2 aromatic heterocycles. The maximum absolute atomic E-state index is 13.4. The van der Waals surface area contributed by atoms with E-state index in [9.17, 15) is 13.2 Å². The van der Waals surface area contributed by atoms with Crippen molar-refractivity contribution in [3.8, 4) is 0 Å². The fraction of sp³-hybridized carbons (Fsp3) is 0.296. The number of anilines is 4. The number of ether oxygens (including phenoxy) is 1. The number of para-hydroxylation sites is 1. The van der Waals surface area contributed by atoms with E-state index in [0.29, 0.717) is 55.9 Å². The van der Waals surface area contributed by atoms with Gasteiger partial charge in [-0.3, -0.25) is 4.79 Å². The number of sulfone groups is 1. The molecule has 0 spiro atoms. The molecule has 4 aromatic rings. The minimum atomic E-state index is -3.65. The summed E-state index contributed by atoms with van der Waals surface area (Å²) >= 11 is 13.9. The van der Waals surface area contributed by atoms with Crippen molar-refractivity contribution in [1.82, 2.24) is 9.97 Å². The maximum atomic E-state index is 13.4. The van der Waals surface area contributed by atoms with E-state index in [0.717, 1.165) is 18.4 Å². The highest BCUT2D eigenvalue weighted by Crippen LogP contribution is 2.44. The van der Waals surface area contributed by atoms with Crippen LogP contribution in [0.4, 0.5) is 21.6 Å². The lowest BCUT2D eigenvalue weighted by atomic mass is 9.84. The summed E-state index contributed by atoms with van der Waals surface area (Å²) < 4.78 is 33.2. The van der Waals surface area contributed by atoms with Crippen LogP contribution in [0.25, 0.3) is 0 Å². The van der Waals surface area contributed by atoms with Crippen molar-refractivity contribution in [1.29, 1.82) is 0 Å². The first kappa shape index (κ1) is 32.5. The van der Waals surface area contributed by atoms with E-state index in [1.807, 2.05) is 24.1 Å². The Balaban J connectivity index is 0.000000445. The molecule has 1 saturated heterocycles. The Morgan fingerprint density at radius 2 is 1.74 bits per heavy atom. The number of hydrogen-bond donors (Lipinski definition) is 2. The van der Waals surface area contributed by atoms with E-state index in [4.69, 9.17) is 33.7 Å². The number of nitrogens with two attached hydrogens (primary N) is 1. The van der Waals surface area contributed by atoms with Crippen molar-refractivity contribution in [2.24, 2.45) is 5.92 Å². The van der Waals surface area contributed by atoms with Gasteiger partial charge in [0.15, 0.2) is 10.3 Å². The summed E-state index contributed by atoms with van der Waals surface area (Å²) in [4.78, 5) is 23.7. The lowest BCUT2D eigenvalue weighted by molar-refractivity contribution is -0.118. The standard InChI is InChI=1S/C24H24ClN3O4S2.C3H3ClN2S.ClH/c1-28-18-4-2-3-5-20(18)34(30,31)21-7-6-16(13-19(21)28)17(12-15-8-10-32-11-9-15)23(29)27-24-26-14-22(25)33-24;4-2-1-6-3(5)7-2;/h2-7,13-15,17H,8-12H2,1H3,(H,26,27,29);1H,(H2,5,6);1H. The van der Waals surface area contributed by atoms with Crippen molar-refractivity contribution >= 4 is 95.7 Å². The number of thiazole rings is 2. The van der Waals surface area contributed by atoms with Crippen LogP contribution < -0.4 is 16.0 Å². The van der Waals surface area contributed by atoms with Gasteiger partial charge in [0.1, 0.15) is 8.67 Å². The molecule has 6 rings (SSSR count). The number of halogens is 3. The van der Waals surface area contributed by atoms with Crippen molar-refractivity contribution in [2.45, 2.75) is 35.0 Å². The minimum Gasteiger partial charge on any atom is -0.381 e. The van der Waals surface area contributed by atoms with Crippen LogP contribution in [0.15, 0.2) is 64.6 Å². The molecule has 0 aliphatic carbocycles. The molecule has 1 unspecified atom stereocenters.